The third-order valence-electron chi connectivity index (χ3n) is 4.88. The highest BCUT2D eigenvalue weighted by Gasteiger charge is 2.35. The van der Waals surface area contributed by atoms with E-state index in [9.17, 15) is 8.42 Å². The Balaban J connectivity index is 1.75. The average Bonchev–Trinajstić information content (AvgIpc) is 3.06. The molecule has 1 heterocycles. The molecule has 1 saturated heterocycles. The topological polar surface area (TPSA) is 37.4 Å². The zero-order valence-corrected chi connectivity index (χ0v) is 14.5. The highest BCUT2D eigenvalue weighted by Crippen LogP contribution is 2.34. The summed E-state index contributed by atoms with van der Waals surface area (Å²) in [5.74, 6) is 0.743. The van der Waals surface area contributed by atoms with Gasteiger partial charge in [-0.05, 0) is 42.9 Å². The third kappa shape index (κ3) is 3.33. The fourth-order valence-electron chi connectivity index (χ4n) is 3.27. The molecule has 1 fully saturated rings. The maximum Gasteiger partial charge on any atom is 0.243 e. The lowest BCUT2D eigenvalue weighted by Crippen LogP contribution is -2.29. The summed E-state index contributed by atoms with van der Waals surface area (Å²) < 4.78 is 27.2. The van der Waals surface area contributed by atoms with Crippen LogP contribution in [0.3, 0.4) is 0 Å². The van der Waals surface area contributed by atoms with Crippen molar-refractivity contribution in [3.8, 4) is 0 Å². The Morgan fingerprint density at radius 1 is 1.04 bits per heavy atom. The second kappa shape index (κ2) is 6.46. The number of aryl methyl sites for hydroxylation is 1. The molecule has 23 heavy (non-hydrogen) atoms. The van der Waals surface area contributed by atoms with E-state index in [0.29, 0.717) is 29.8 Å². The van der Waals surface area contributed by atoms with Crippen LogP contribution in [0.4, 0.5) is 0 Å². The van der Waals surface area contributed by atoms with E-state index in [0.717, 1.165) is 12.0 Å². The van der Waals surface area contributed by atoms with Crippen LogP contribution in [0.2, 0.25) is 0 Å². The van der Waals surface area contributed by atoms with Crippen molar-refractivity contribution in [1.29, 1.82) is 0 Å². The van der Waals surface area contributed by atoms with Crippen LogP contribution in [0.15, 0.2) is 59.5 Å². The lowest BCUT2D eigenvalue weighted by molar-refractivity contribution is 0.430. The maximum atomic E-state index is 12.8. The van der Waals surface area contributed by atoms with E-state index >= 15 is 0 Å². The van der Waals surface area contributed by atoms with Crippen molar-refractivity contribution in [2.75, 3.05) is 13.1 Å². The van der Waals surface area contributed by atoms with Gasteiger partial charge >= 0.3 is 0 Å². The second-order valence-electron chi connectivity index (χ2n) is 6.42. The molecule has 2 aromatic carbocycles. The van der Waals surface area contributed by atoms with Crippen molar-refractivity contribution in [3.05, 3.63) is 65.7 Å². The summed E-state index contributed by atoms with van der Waals surface area (Å²) in [7, 11) is -3.37. The number of hydrogen-bond acceptors (Lipinski definition) is 2. The first-order valence-electron chi connectivity index (χ1n) is 8.10. The van der Waals surface area contributed by atoms with Crippen molar-refractivity contribution >= 4 is 10.0 Å². The minimum Gasteiger partial charge on any atom is -0.207 e. The monoisotopic (exact) mass is 329 g/mol. The van der Waals surface area contributed by atoms with Gasteiger partial charge in [0.1, 0.15) is 0 Å². The van der Waals surface area contributed by atoms with Crippen molar-refractivity contribution in [2.45, 2.75) is 31.1 Å². The molecule has 1 aliphatic heterocycles. The average molecular weight is 329 g/mol. The molecule has 2 aromatic rings. The molecule has 1 aliphatic rings. The quantitative estimate of drug-likeness (QED) is 0.855. The number of benzene rings is 2. The highest BCUT2D eigenvalue weighted by molar-refractivity contribution is 7.89. The zero-order chi connectivity index (χ0) is 16.4. The molecule has 122 valence electrons. The fourth-order valence-corrected chi connectivity index (χ4v) is 4.78. The molecule has 0 aliphatic carbocycles. The summed E-state index contributed by atoms with van der Waals surface area (Å²) in [4.78, 5) is 0.399. The molecular weight excluding hydrogens is 306 g/mol. The summed E-state index contributed by atoms with van der Waals surface area (Å²) in [6.07, 6.45) is 0.918. The standard InChI is InChI=1S/C19H23NO2S/c1-15-8-10-19(11-9-15)23(21,22)20-13-12-18(14-20)16(2)17-6-4-3-5-7-17/h3-11,16,18H,12-14H2,1-2H3/t16-,18-/m1/s1. The van der Waals surface area contributed by atoms with Gasteiger partial charge < -0.3 is 0 Å². The molecule has 0 bridgehead atoms. The number of sulfonamides is 1. The SMILES string of the molecule is Cc1ccc(S(=O)(=O)N2CC[C@@H]([C@H](C)c3ccccc3)C2)cc1. The lowest BCUT2D eigenvalue weighted by atomic mass is 9.87. The van der Waals surface area contributed by atoms with E-state index in [4.69, 9.17) is 0 Å². The van der Waals surface area contributed by atoms with Gasteiger partial charge in [-0.1, -0.05) is 55.0 Å². The zero-order valence-electron chi connectivity index (χ0n) is 13.6. The molecule has 0 saturated carbocycles. The van der Waals surface area contributed by atoms with E-state index in [1.165, 1.54) is 5.56 Å². The van der Waals surface area contributed by atoms with Gasteiger partial charge in [-0.15, -0.1) is 0 Å². The van der Waals surface area contributed by atoms with Gasteiger partial charge in [0.15, 0.2) is 0 Å². The summed E-state index contributed by atoms with van der Waals surface area (Å²) in [5, 5.41) is 0. The third-order valence-corrected chi connectivity index (χ3v) is 6.76. The maximum absolute atomic E-state index is 12.8. The molecule has 0 aromatic heterocycles. The van der Waals surface area contributed by atoms with Gasteiger partial charge in [-0.3, -0.25) is 0 Å². The predicted molar refractivity (Wildman–Crippen MR) is 92.9 cm³/mol. The van der Waals surface area contributed by atoms with Crippen molar-refractivity contribution in [1.82, 2.24) is 4.31 Å². The molecule has 0 unspecified atom stereocenters. The van der Waals surface area contributed by atoms with E-state index < -0.39 is 10.0 Å². The smallest absolute Gasteiger partial charge is 0.207 e. The molecule has 2 atom stereocenters. The normalized spacial score (nSPS) is 20.5. The largest absolute Gasteiger partial charge is 0.243 e. The van der Waals surface area contributed by atoms with Crippen LogP contribution in [0, 0.1) is 12.8 Å². The van der Waals surface area contributed by atoms with E-state index in [2.05, 4.69) is 19.1 Å². The van der Waals surface area contributed by atoms with Crippen LogP contribution in [0.1, 0.15) is 30.4 Å². The highest BCUT2D eigenvalue weighted by atomic mass is 32.2. The molecule has 0 N–H and O–H groups in total. The molecule has 0 amide bonds. The minimum absolute atomic E-state index is 0.370. The Kier molecular flexibility index (Phi) is 4.55. The molecule has 4 heteroatoms. The van der Waals surface area contributed by atoms with Crippen LogP contribution in [-0.4, -0.2) is 25.8 Å². The number of rotatable bonds is 4. The molecule has 0 radical (unpaired) electrons. The van der Waals surface area contributed by atoms with E-state index in [1.807, 2.05) is 37.3 Å². The van der Waals surface area contributed by atoms with Gasteiger partial charge in [0.25, 0.3) is 0 Å². The fraction of sp³-hybridized carbons (Fsp3) is 0.368. The Labute approximate surface area is 139 Å². The molecule has 3 rings (SSSR count). The van der Waals surface area contributed by atoms with Crippen LogP contribution in [0.5, 0.6) is 0 Å². The Bertz CT molecular complexity index is 754. The minimum atomic E-state index is -3.37. The summed E-state index contributed by atoms with van der Waals surface area (Å²) >= 11 is 0. The molecule has 3 nitrogen and oxygen atoms in total. The van der Waals surface area contributed by atoms with Crippen LogP contribution < -0.4 is 0 Å². The first kappa shape index (κ1) is 16.2. The van der Waals surface area contributed by atoms with Gasteiger partial charge in [-0.25, -0.2) is 8.42 Å². The Morgan fingerprint density at radius 2 is 1.70 bits per heavy atom. The van der Waals surface area contributed by atoms with Crippen LogP contribution >= 0.6 is 0 Å². The predicted octanol–water partition coefficient (Wildman–Crippen LogP) is 3.81. The lowest BCUT2D eigenvalue weighted by Gasteiger charge is -2.21. The Hall–Kier alpha value is -1.65. The van der Waals surface area contributed by atoms with Gasteiger partial charge in [0.05, 0.1) is 4.90 Å². The Morgan fingerprint density at radius 3 is 2.35 bits per heavy atom. The van der Waals surface area contributed by atoms with E-state index in [-0.39, 0.29) is 0 Å². The summed E-state index contributed by atoms with van der Waals surface area (Å²) in [6.45, 7) is 5.37. The van der Waals surface area contributed by atoms with Crippen LogP contribution in [-0.2, 0) is 10.0 Å². The van der Waals surface area contributed by atoms with Gasteiger partial charge in [-0.2, -0.15) is 4.31 Å². The first-order chi connectivity index (χ1) is 11.0. The molecule has 0 spiro atoms. The van der Waals surface area contributed by atoms with Crippen molar-refractivity contribution < 1.29 is 8.42 Å². The molecular formula is C19H23NO2S. The second-order valence-corrected chi connectivity index (χ2v) is 8.36. The van der Waals surface area contributed by atoms with Gasteiger partial charge in [0.2, 0.25) is 10.0 Å². The van der Waals surface area contributed by atoms with E-state index in [1.54, 1.807) is 16.4 Å². The summed E-state index contributed by atoms with van der Waals surface area (Å²) in [6, 6.07) is 17.5. The van der Waals surface area contributed by atoms with Crippen molar-refractivity contribution in [2.24, 2.45) is 5.92 Å². The van der Waals surface area contributed by atoms with Crippen LogP contribution in [0.25, 0.3) is 0 Å². The van der Waals surface area contributed by atoms with Gasteiger partial charge in [0, 0.05) is 13.1 Å². The number of hydrogen-bond donors (Lipinski definition) is 0. The number of nitrogens with zero attached hydrogens (tertiary/aromatic N) is 1. The van der Waals surface area contributed by atoms with Crippen molar-refractivity contribution in [3.63, 3.8) is 0 Å². The summed E-state index contributed by atoms with van der Waals surface area (Å²) in [5.41, 5.74) is 2.35. The first-order valence-corrected chi connectivity index (χ1v) is 9.54.